The summed E-state index contributed by atoms with van der Waals surface area (Å²) in [5, 5.41) is 11.4. The zero-order chi connectivity index (χ0) is 18.1. The Balaban J connectivity index is 1.73. The third-order valence-electron chi connectivity index (χ3n) is 3.59. The maximum Gasteiger partial charge on any atom is 0.295 e. The van der Waals surface area contributed by atoms with Gasteiger partial charge in [-0.25, -0.2) is 4.98 Å². The Morgan fingerprint density at radius 2 is 2.27 bits per heavy atom. The number of carbonyl (C=O) groups is 1. The van der Waals surface area contributed by atoms with Crippen molar-refractivity contribution in [3.8, 4) is 10.9 Å². The zero-order valence-corrected chi connectivity index (χ0v) is 14.9. The first-order chi connectivity index (χ1) is 12.7. The van der Waals surface area contributed by atoms with Gasteiger partial charge in [0.2, 0.25) is 10.9 Å². The molecule has 0 aliphatic carbocycles. The number of rotatable bonds is 5. The van der Waals surface area contributed by atoms with Crippen LogP contribution in [0.15, 0.2) is 41.1 Å². The van der Waals surface area contributed by atoms with Crippen LogP contribution in [0.1, 0.15) is 23.2 Å². The van der Waals surface area contributed by atoms with Gasteiger partial charge in [0.05, 0.1) is 23.2 Å². The fourth-order valence-corrected chi connectivity index (χ4v) is 3.47. The molecule has 4 aromatic rings. The van der Waals surface area contributed by atoms with Crippen LogP contribution in [0.2, 0.25) is 0 Å². The van der Waals surface area contributed by atoms with Crippen molar-refractivity contribution in [2.75, 3.05) is 11.9 Å². The molecule has 9 heteroatoms. The van der Waals surface area contributed by atoms with Gasteiger partial charge in [0.1, 0.15) is 17.1 Å². The standard InChI is InChI=1S/C17H15N5O3S/c1-3-24-11-5-4-6-13-15(11)20-17(26-13)22-14(9-10(2)21-22)19-16(23)12-7-8-18-25-12/h4-9H,3H2,1-2H3,(H,19,23). The summed E-state index contributed by atoms with van der Waals surface area (Å²) in [4.78, 5) is 16.9. The SMILES string of the molecule is CCOc1cccc2sc(-n3nc(C)cc3NC(=O)c3ccno3)nc12. The molecule has 3 heterocycles. The second-order valence-electron chi connectivity index (χ2n) is 5.45. The minimum absolute atomic E-state index is 0.123. The highest BCUT2D eigenvalue weighted by atomic mass is 32.1. The molecule has 0 spiro atoms. The number of para-hydroxylation sites is 1. The molecule has 3 aromatic heterocycles. The number of anilines is 1. The van der Waals surface area contributed by atoms with E-state index in [0.29, 0.717) is 17.6 Å². The first kappa shape index (κ1) is 16.3. The molecule has 0 aliphatic rings. The van der Waals surface area contributed by atoms with Crippen molar-refractivity contribution in [2.45, 2.75) is 13.8 Å². The van der Waals surface area contributed by atoms with Crippen molar-refractivity contribution in [2.24, 2.45) is 0 Å². The van der Waals surface area contributed by atoms with E-state index in [9.17, 15) is 4.79 Å². The van der Waals surface area contributed by atoms with E-state index < -0.39 is 5.91 Å². The molecule has 0 bridgehead atoms. The predicted molar refractivity (Wildman–Crippen MR) is 97.1 cm³/mol. The molecule has 0 saturated carbocycles. The van der Waals surface area contributed by atoms with Gasteiger partial charge in [0.25, 0.3) is 5.91 Å². The highest BCUT2D eigenvalue weighted by Crippen LogP contribution is 2.32. The molecule has 0 fully saturated rings. The summed E-state index contributed by atoms with van der Waals surface area (Å²) in [6.45, 7) is 4.34. The van der Waals surface area contributed by atoms with Gasteiger partial charge >= 0.3 is 0 Å². The van der Waals surface area contributed by atoms with Crippen molar-refractivity contribution in [1.29, 1.82) is 0 Å². The number of thiazole rings is 1. The van der Waals surface area contributed by atoms with Crippen molar-refractivity contribution in [3.63, 3.8) is 0 Å². The Kier molecular flexibility index (Phi) is 4.13. The van der Waals surface area contributed by atoms with Crippen LogP contribution < -0.4 is 10.1 Å². The van der Waals surface area contributed by atoms with E-state index in [4.69, 9.17) is 9.26 Å². The van der Waals surface area contributed by atoms with Crippen molar-refractivity contribution in [3.05, 3.63) is 48.0 Å². The van der Waals surface area contributed by atoms with Crippen molar-refractivity contribution in [1.82, 2.24) is 19.9 Å². The summed E-state index contributed by atoms with van der Waals surface area (Å²) in [5.41, 5.74) is 1.53. The lowest BCUT2D eigenvalue weighted by molar-refractivity contribution is 0.0987. The lowest BCUT2D eigenvalue weighted by Gasteiger charge is -2.04. The normalized spacial score (nSPS) is 11.0. The molecule has 132 valence electrons. The number of aryl methyl sites for hydroxylation is 1. The summed E-state index contributed by atoms with van der Waals surface area (Å²) in [5.74, 6) is 0.947. The van der Waals surface area contributed by atoms with Crippen LogP contribution in [-0.4, -0.2) is 32.4 Å². The summed E-state index contributed by atoms with van der Waals surface area (Å²) in [6, 6.07) is 9.05. The van der Waals surface area contributed by atoms with Gasteiger partial charge in [0.15, 0.2) is 0 Å². The Labute approximate surface area is 152 Å². The molecule has 4 rings (SSSR count). The van der Waals surface area contributed by atoms with E-state index in [1.54, 1.807) is 10.7 Å². The van der Waals surface area contributed by atoms with Gasteiger partial charge in [-0.2, -0.15) is 9.78 Å². The fourth-order valence-electron chi connectivity index (χ4n) is 2.52. The second kappa shape index (κ2) is 6.60. The van der Waals surface area contributed by atoms with Gasteiger partial charge < -0.3 is 14.6 Å². The number of ether oxygens (including phenoxy) is 1. The molecular formula is C17H15N5O3S. The number of nitrogens with zero attached hydrogens (tertiary/aromatic N) is 4. The molecule has 26 heavy (non-hydrogen) atoms. The first-order valence-corrected chi connectivity index (χ1v) is 8.79. The van der Waals surface area contributed by atoms with E-state index in [0.717, 1.165) is 21.7 Å². The molecule has 0 aliphatic heterocycles. The minimum Gasteiger partial charge on any atom is -0.492 e. The first-order valence-electron chi connectivity index (χ1n) is 7.97. The third kappa shape index (κ3) is 2.93. The van der Waals surface area contributed by atoms with Crippen LogP contribution in [0, 0.1) is 6.92 Å². The van der Waals surface area contributed by atoms with Crippen LogP contribution in [-0.2, 0) is 0 Å². The molecule has 1 aromatic carbocycles. The fraction of sp³-hybridized carbons (Fsp3) is 0.176. The van der Waals surface area contributed by atoms with Crippen molar-refractivity contribution >= 4 is 33.3 Å². The molecule has 0 unspecified atom stereocenters. The predicted octanol–water partition coefficient (Wildman–Crippen LogP) is 3.43. The van der Waals surface area contributed by atoms with E-state index >= 15 is 0 Å². The average Bonchev–Trinajstić information content (AvgIpc) is 3.34. The lowest BCUT2D eigenvalue weighted by Crippen LogP contribution is -2.14. The summed E-state index contributed by atoms with van der Waals surface area (Å²) in [7, 11) is 0. The number of benzene rings is 1. The van der Waals surface area contributed by atoms with E-state index in [-0.39, 0.29) is 5.76 Å². The van der Waals surface area contributed by atoms with Gasteiger partial charge in [-0.05, 0) is 26.0 Å². The molecule has 0 saturated heterocycles. The van der Waals surface area contributed by atoms with Gasteiger partial charge in [0, 0.05) is 12.1 Å². The largest absolute Gasteiger partial charge is 0.492 e. The number of hydrogen-bond acceptors (Lipinski definition) is 7. The van der Waals surface area contributed by atoms with Crippen LogP contribution in [0.5, 0.6) is 5.75 Å². The van der Waals surface area contributed by atoms with Gasteiger partial charge in [-0.3, -0.25) is 4.79 Å². The molecule has 1 N–H and O–H groups in total. The lowest BCUT2D eigenvalue weighted by atomic mass is 10.3. The third-order valence-corrected chi connectivity index (χ3v) is 4.58. The van der Waals surface area contributed by atoms with E-state index in [2.05, 4.69) is 20.6 Å². The topological polar surface area (TPSA) is 95.1 Å². The monoisotopic (exact) mass is 369 g/mol. The molecule has 1 amide bonds. The Morgan fingerprint density at radius 1 is 1.38 bits per heavy atom. The zero-order valence-electron chi connectivity index (χ0n) is 14.1. The highest BCUT2D eigenvalue weighted by molar-refractivity contribution is 7.20. The summed E-state index contributed by atoms with van der Waals surface area (Å²) in [6.07, 6.45) is 1.42. The number of fused-ring (bicyclic) bond motifs is 1. The smallest absolute Gasteiger partial charge is 0.295 e. The summed E-state index contributed by atoms with van der Waals surface area (Å²) >= 11 is 1.46. The maximum atomic E-state index is 12.3. The minimum atomic E-state index is -0.403. The quantitative estimate of drug-likeness (QED) is 0.579. The number of amides is 1. The van der Waals surface area contributed by atoms with E-state index in [1.165, 1.54) is 23.6 Å². The van der Waals surface area contributed by atoms with Crippen LogP contribution in [0.25, 0.3) is 15.3 Å². The molecule has 0 radical (unpaired) electrons. The van der Waals surface area contributed by atoms with Crippen LogP contribution in [0.3, 0.4) is 0 Å². The number of hydrogen-bond donors (Lipinski definition) is 1. The Morgan fingerprint density at radius 3 is 3.04 bits per heavy atom. The number of aromatic nitrogens is 4. The van der Waals surface area contributed by atoms with Gasteiger partial charge in [-0.15, -0.1) is 0 Å². The number of carbonyl (C=O) groups excluding carboxylic acids is 1. The highest BCUT2D eigenvalue weighted by Gasteiger charge is 2.18. The van der Waals surface area contributed by atoms with Gasteiger partial charge in [-0.1, -0.05) is 22.6 Å². The average molecular weight is 369 g/mol. The molecule has 8 nitrogen and oxygen atoms in total. The maximum absolute atomic E-state index is 12.3. The summed E-state index contributed by atoms with van der Waals surface area (Å²) < 4.78 is 13.1. The second-order valence-corrected chi connectivity index (χ2v) is 6.46. The Hall–Kier alpha value is -3.20. The van der Waals surface area contributed by atoms with E-state index in [1.807, 2.05) is 32.0 Å². The van der Waals surface area contributed by atoms with Crippen molar-refractivity contribution < 1.29 is 14.1 Å². The molecule has 0 atom stereocenters. The Bertz CT molecular complexity index is 1070. The van der Waals surface area contributed by atoms with Crippen LogP contribution >= 0.6 is 11.3 Å². The molecular weight excluding hydrogens is 354 g/mol. The van der Waals surface area contributed by atoms with Crippen LogP contribution in [0.4, 0.5) is 5.82 Å². The number of nitrogens with one attached hydrogen (secondary N) is 1.